The molecule has 1 aromatic carbocycles. The van der Waals surface area contributed by atoms with Crippen molar-refractivity contribution in [2.24, 2.45) is 5.73 Å². The van der Waals surface area contributed by atoms with Crippen molar-refractivity contribution in [2.45, 2.75) is 24.5 Å². The van der Waals surface area contributed by atoms with Gasteiger partial charge < -0.3 is 20.7 Å². The van der Waals surface area contributed by atoms with Crippen LogP contribution in [-0.4, -0.2) is 55.3 Å². The van der Waals surface area contributed by atoms with Crippen LogP contribution in [-0.2, 0) is 31.0 Å². The number of nitrogens with zero attached hydrogens (tertiary/aromatic N) is 1. The van der Waals surface area contributed by atoms with E-state index in [1.807, 2.05) is 0 Å². The molecule has 1 heterocycles. The maximum absolute atomic E-state index is 13.2. The number of benzene rings is 1. The van der Waals surface area contributed by atoms with Crippen LogP contribution in [0.5, 0.6) is 0 Å². The van der Waals surface area contributed by atoms with Crippen molar-refractivity contribution < 1.29 is 45.5 Å². The van der Waals surface area contributed by atoms with Crippen LogP contribution in [0.3, 0.4) is 0 Å². The number of sulfonamides is 1. The number of anilines is 1. The predicted molar refractivity (Wildman–Crippen MR) is 125 cm³/mol. The zero-order chi connectivity index (χ0) is 29.3. The number of carboxylic acid groups (broad SMARTS) is 1. The fraction of sp³-hybridized carbons (Fsp3) is 0.263. The number of hydrogen-bond acceptors (Lipinski definition) is 7. The molecule has 0 spiro atoms. The van der Waals surface area contributed by atoms with Crippen LogP contribution in [0, 0.1) is 18.2 Å². The molecule has 0 saturated heterocycles. The van der Waals surface area contributed by atoms with Gasteiger partial charge in [0.2, 0.25) is 11.9 Å². The highest BCUT2D eigenvalue weighted by Gasteiger charge is 2.38. The number of carboxylic acids is 1. The third kappa shape index (κ3) is 10.2. The Morgan fingerprint density at radius 3 is 2.37 bits per heavy atom. The Balaban J connectivity index is 0.000000905. The second kappa shape index (κ2) is 13.6. The molecule has 0 saturated carbocycles. The molecule has 0 aliphatic heterocycles. The van der Waals surface area contributed by atoms with Gasteiger partial charge in [-0.2, -0.15) is 13.2 Å². The minimum atomic E-state index is -5.08. The third-order valence-electron chi connectivity index (χ3n) is 4.07. The Morgan fingerprint density at radius 1 is 1.24 bits per heavy atom. The second-order valence-electron chi connectivity index (χ2n) is 6.98. The van der Waals surface area contributed by atoms with Crippen LogP contribution >= 0.6 is 11.6 Å². The summed E-state index contributed by atoms with van der Waals surface area (Å²) in [5, 5.41) is 16.2. The molecule has 19 heteroatoms. The number of rotatable bonds is 9. The number of hydroxylamine groups is 1. The van der Waals surface area contributed by atoms with Crippen molar-refractivity contribution in [3.8, 4) is 0 Å². The Hall–Kier alpha value is -3.90. The van der Waals surface area contributed by atoms with Crippen LogP contribution in [0.4, 0.5) is 23.2 Å². The molecular formula is C19H21ClF4N6O7S. The van der Waals surface area contributed by atoms with Crippen molar-refractivity contribution in [1.29, 1.82) is 5.41 Å². The molecule has 0 bridgehead atoms. The van der Waals surface area contributed by atoms with Gasteiger partial charge in [0, 0.05) is 12.2 Å². The summed E-state index contributed by atoms with van der Waals surface area (Å²) in [5.41, 5.74) is 6.47. The molecule has 210 valence electrons. The van der Waals surface area contributed by atoms with Crippen LogP contribution in [0.15, 0.2) is 40.0 Å². The fourth-order valence-corrected chi connectivity index (χ4v) is 4.00. The number of aliphatic carboxylic acids is 1. The summed E-state index contributed by atoms with van der Waals surface area (Å²) >= 11 is 5.80. The molecule has 1 aromatic heterocycles. The van der Waals surface area contributed by atoms with Crippen molar-refractivity contribution in [3.05, 3.63) is 57.2 Å². The predicted octanol–water partition coefficient (Wildman–Crippen LogP) is 0.914. The first-order valence-corrected chi connectivity index (χ1v) is 11.8. The number of nitrogens with one attached hydrogen (secondary N) is 4. The van der Waals surface area contributed by atoms with Gasteiger partial charge in [-0.1, -0.05) is 11.6 Å². The average Bonchev–Trinajstić information content (AvgIpc) is 2.77. The maximum atomic E-state index is 13.2. The summed E-state index contributed by atoms with van der Waals surface area (Å²) in [6, 6.07) is 5.45. The van der Waals surface area contributed by atoms with E-state index in [-0.39, 0.29) is 30.4 Å². The molecule has 0 atom stereocenters. The monoisotopic (exact) mass is 588 g/mol. The number of alkyl halides is 3. The van der Waals surface area contributed by atoms with Crippen molar-refractivity contribution in [2.75, 3.05) is 17.9 Å². The summed E-state index contributed by atoms with van der Waals surface area (Å²) in [7, 11) is -4.28. The van der Waals surface area contributed by atoms with Gasteiger partial charge in [0.1, 0.15) is 22.9 Å². The summed E-state index contributed by atoms with van der Waals surface area (Å²) in [6.07, 6.45) is -5.08. The molecule has 7 N–H and O–H groups in total. The van der Waals surface area contributed by atoms with Crippen molar-refractivity contribution >= 4 is 45.1 Å². The van der Waals surface area contributed by atoms with Crippen LogP contribution in [0.25, 0.3) is 0 Å². The molecular weight excluding hydrogens is 568 g/mol. The largest absolute Gasteiger partial charge is 0.490 e. The van der Waals surface area contributed by atoms with Gasteiger partial charge in [-0.25, -0.2) is 23.1 Å². The normalized spacial score (nSPS) is 11.1. The molecule has 38 heavy (non-hydrogen) atoms. The molecule has 0 fully saturated rings. The van der Waals surface area contributed by atoms with E-state index >= 15 is 0 Å². The van der Waals surface area contributed by atoms with Crippen LogP contribution < -0.4 is 26.8 Å². The minimum Gasteiger partial charge on any atom is -0.475 e. The van der Waals surface area contributed by atoms with E-state index in [0.29, 0.717) is 5.69 Å². The van der Waals surface area contributed by atoms with Gasteiger partial charge in [0.25, 0.3) is 15.6 Å². The zero-order valence-electron chi connectivity index (χ0n) is 19.2. The van der Waals surface area contributed by atoms with E-state index < -0.39 is 50.3 Å². The number of carbonyl (C=O) groups is 2. The van der Waals surface area contributed by atoms with E-state index in [4.69, 9.17) is 37.5 Å². The van der Waals surface area contributed by atoms with E-state index in [2.05, 4.69) is 15.5 Å². The molecule has 0 aliphatic rings. The van der Waals surface area contributed by atoms with E-state index in [0.717, 1.165) is 22.8 Å². The summed E-state index contributed by atoms with van der Waals surface area (Å²) < 4.78 is 73.3. The van der Waals surface area contributed by atoms with E-state index in [1.165, 1.54) is 12.1 Å². The summed E-state index contributed by atoms with van der Waals surface area (Å²) in [6.45, 7) is 1.28. The minimum absolute atomic E-state index is 0.0114. The maximum Gasteiger partial charge on any atom is 0.490 e. The van der Waals surface area contributed by atoms with E-state index in [1.54, 1.807) is 6.92 Å². The highest BCUT2D eigenvalue weighted by Crippen LogP contribution is 2.24. The van der Waals surface area contributed by atoms with Crippen LogP contribution in [0.1, 0.15) is 5.69 Å². The van der Waals surface area contributed by atoms with Gasteiger partial charge in [-0.05, 0) is 37.3 Å². The Labute approximate surface area is 217 Å². The fourth-order valence-electron chi connectivity index (χ4n) is 2.41. The lowest BCUT2D eigenvalue weighted by Gasteiger charge is -2.14. The van der Waals surface area contributed by atoms with Gasteiger partial charge in [0.05, 0.1) is 11.6 Å². The Bertz CT molecular complexity index is 1350. The highest BCUT2D eigenvalue weighted by molar-refractivity contribution is 7.92. The van der Waals surface area contributed by atoms with Crippen molar-refractivity contribution in [3.63, 3.8) is 0 Å². The summed E-state index contributed by atoms with van der Waals surface area (Å²) in [5.74, 6) is -4.39. The number of halogens is 5. The van der Waals surface area contributed by atoms with E-state index in [9.17, 15) is 35.6 Å². The number of nitrogens with two attached hydrogens (primary N) is 1. The summed E-state index contributed by atoms with van der Waals surface area (Å²) in [4.78, 5) is 38.1. The molecule has 2 rings (SSSR count). The zero-order valence-corrected chi connectivity index (χ0v) is 20.8. The number of pyridine rings is 1. The average molecular weight is 589 g/mol. The number of guanidine groups is 1. The van der Waals surface area contributed by atoms with Gasteiger partial charge in [-0.3, -0.25) is 24.6 Å². The lowest BCUT2D eigenvalue weighted by molar-refractivity contribution is -0.192. The number of aryl methyl sites for hydroxylation is 1. The first-order chi connectivity index (χ1) is 17.5. The molecule has 1 amide bonds. The smallest absolute Gasteiger partial charge is 0.475 e. The SMILES string of the molecule is Cc1ccc(NS(=O)(=O)c2ccc(F)cc2Cl)c(=O)n1CC(=O)NCCONC(=N)N.O=C(O)C(F)(F)F. The molecule has 13 nitrogen and oxygen atoms in total. The Kier molecular flexibility index (Phi) is 11.5. The topological polar surface area (TPSA) is 206 Å². The molecule has 2 aromatic rings. The lowest BCUT2D eigenvalue weighted by Crippen LogP contribution is -2.37. The first kappa shape index (κ1) is 32.1. The molecule has 0 unspecified atom stereocenters. The number of amides is 1. The van der Waals surface area contributed by atoms with Gasteiger partial charge in [0.15, 0.2) is 0 Å². The molecule has 0 radical (unpaired) electrons. The van der Waals surface area contributed by atoms with Gasteiger partial charge >= 0.3 is 12.1 Å². The number of carbonyl (C=O) groups excluding carboxylic acids is 1. The quantitative estimate of drug-likeness (QED) is 0.0808. The standard InChI is InChI=1S/C17H20ClFN6O5S.C2HF3O2/c1-10-2-4-13(24-31(28,29)14-5-3-11(19)8-12(14)18)16(27)25(10)9-15(26)22-6-7-30-23-17(20)21;3-2(4,5)1(6)7/h2-5,8,24H,6-7,9H2,1H3,(H,22,26)(H4,20,21,23);(H,6,7). The van der Waals surface area contributed by atoms with Gasteiger partial charge in [-0.15, -0.1) is 0 Å². The number of aromatic nitrogens is 1. The first-order valence-electron chi connectivity index (χ1n) is 9.92. The third-order valence-corrected chi connectivity index (χ3v) is 5.92. The van der Waals surface area contributed by atoms with Crippen LogP contribution in [0.2, 0.25) is 5.02 Å². The lowest BCUT2D eigenvalue weighted by atomic mass is 10.3. The highest BCUT2D eigenvalue weighted by atomic mass is 35.5. The van der Waals surface area contributed by atoms with Crippen molar-refractivity contribution in [1.82, 2.24) is 15.4 Å². The number of hydrogen-bond donors (Lipinski definition) is 6. The second-order valence-corrected chi connectivity index (χ2v) is 9.04. The Morgan fingerprint density at radius 2 is 1.84 bits per heavy atom. The molecule has 0 aliphatic carbocycles.